The molecule has 0 atom stereocenters. The van der Waals surface area contributed by atoms with Crippen LogP contribution < -0.4 is 5.73 Å². The highest BCUT2D eigenvalue weighted by Gasteiger charge is 2.36. The van der Waals surface area contributed by atoms with Crippen LogP contribution in [0.3, 0.4) is 0 Å². The highest BCUT2D eigenvalue weighted by molar-refractivity contribution is 9.11. The van der Waals surface area contributed by atoms with Crippen LogP contribution in [0.2, 0.25) is 0 Å². The number of hydrogen-bond acceptors (Lipinski definition) is 3. The number of hydrogen-bond donors (Lipinski definition) is 1. The molecule has 7 heteroatoms. The smallest absolute Gasteiger partial charge is 0.245 e. The highest BCUT2D eigenvalue weighted by Crippen LogP contribution is 2.37. The molecule has 2 rings (SSSR count). The van der Waals surface area contributed by atoms with E-state index in [4.69, 9.17) is 5.73 Å². The maximum Gasteiger partial charge on any atom is 0.245 e. The van der Waals surface area contributed by atoms with Crippen molar-refractivity contribution in [3.63, 3.8) is 0 Å². The molecule has 0 bridgehead atoms. The van der Waals surface area contributed by atoms with Crippen LogP contribution in [0.15, 0.2) is 26.0 Å². The number of sulfonamides is 1. The molecule has 0 saturated heterocycles. The standard InChI is InChI=1S/C10H12Br2N2O2S/c1-14(7-2-3-7)17(15,16)10-8(11)4-6(13)5-9(10)12/h4-5,7H,2-3,13H2,1H3. The zero-order chi connectivity index (χ0) is 12.8. The summed E-state index contributed by atoms with van der Waals surface area (Å²) in [4.78, 5) is 0.237. The van der Waals surface area contributed by atoms with Gasteiger partial charge in [0.15, 0.2) is 0 Å². The second-order valence-corrected chi connectivity index (χ2v) is 7.71. The van der Waals surface area contributed by atoms with E-state index in [1.165, 1.54) is 4.31 Å². The van der Waals surface area contributed by atoms with Crippen LogP contribution in [0.4, 0.5) is 5.69 Å². The van der Waals surface area contributed by atoms with Crippen LogP contribution in [-0.2, 0) is 10.0 Å². The summed E-state index contributed by atoms with van der Waals surface area (Å²) in [5, 5.41) is 0. The van der Waals surface area contributed by atoms with Gasteiger partial charge in [-0.25, -0.2) is 8.42 Å². The predicted octanol–water partition coefficient (Wildman–Crippen LogP) is 2.58. The Labute approximate surface area is 117 Å². The molecule has 1 aromatic rings. The fraction of sp³-hybridized carbons (Fsp3) is 0.400. The van der Waals surface area contributed by atoms with E-state index in [-0.39, 0.29) is 10.9 Å². The molecule has 0 heterocycles. The van der Waals surface area contributed by atoms with Gasteiger partial charge in [-0.15, -0.1) is 0 Å². The average molecular weight is 384 g/mol. The van der Waals surface area contributed by atoms with Gasteiger partial charge in [-0.2, -0.15) is 4.31 Å². The van der Waals surface area contributed by atoms with Gasteiger partial charge in [0.25, 0.3) is 0 Å². The molecule has 94 valence electrons. The Morgan fingerprint density at radius 1 is 1.29 bits per heavy atom. The van der Waals surface area contributed by atoms with Crippen LogP contribution in [0.5, 0.6) is 0 Å². The van der Waals surface area contributed by atoms with Crippen LogP contribution in [-0.4, -0.2) is 25.8 Å². The number of nitrogen functional groups attached to an aromatic ring is 1. The molecule has 0 radical (unpaired) electrons. The Balaban J connectivity index is 2.53. The third-order valence-corrected chi connectivity index (χ3v) is 6.51. The molecule has 0 unspecified atom stereocenters. The second kappa shape index (κ2) is 4.53. The molecule has 0 aliphatic heterocycles. The number of benzene rings is 1. The van der Waals surface area contributed by atoms with E-state index >= 15 is 0 Å². The summed E-state index contributed by atoms with van der Waals surface area (Å²) < 4.78 is 27.2. The highest BCUT2D eigenvalue weighted by atomic mass is 79.9. The number of nitrogens with two attached hydrogens (primary N) is 1. The van der Waals surface area contributed by atoms with E-state index in [2.05, 4.69) is 31.9 Å². The predicted molar refractivity (Wildman–Crippen MR) is 74.2 cm³/mol. The molecule has 0 amide bonds. The van der Waals surface area contributed by atoms with Gasteiger partial charge in [0.1, 0.15) is 4.90 Å². The lowest BCUT2D eigenvalue weighted by Crippen LogP contribution is -2.29. The van der Waals surface area contributed by atoms with Crippen molar-refractivity contribution < 1.29 is 8.42 Å². The van der Waals surface area contributed by atoms with Gasteiger partial charge in [0.2, 0.25) is 10.0 Å². The summed E-state index contributed by atoms with van der Waals surface area (Å²) in [6.07, 6.45) is 1.86. The van der Waals surface area contributed by atoms with Crippen molar-refractivity contribution in [2.45, 2.75) is 23.8 Å². The number of anilines is 1. The minimum absolute atomic E-state index is 0.136. The van der Waals surface area contributed by atoms with Crippen molar-refractivity contribution in [1.29, 1.82) is 0 Å². The van der Waals surface area contributed by atoms with E-state index in [0.29, 0.717) is 14.6 Å². The van der Waals surface area contributed by atoms with E-state index in [0.717, 1.165) is 12.8 Å². The van der Waals surface area contributed by atoms with Crippen molar-refractivity contribution in [1.82, 2.24) is 4.31 Å². The zero-order valence-corrected chi connectivity index (χ0v) is 13.1. The number of nitrogens with zero attached hydrogens (tertiary/aromatic N) is 1. The summed E-state index contributed by atoms with van der Waals surface area (Å²) in [5.74, 6) is 0. The van der Waals surface area contributed by atoms with Gasteiger partial charge in [-0.05, 0) is 56.8 Å². The Morgan fingerprint density at radius 2 is 1.76 bits per heavy atom. The largest absolute Gasteiger partial charge is 0.399 e. The van der Waals surface area contributed by atoms with E-state index in [1.807, 2.05) is 0 Å². The first kappa shape index (κ1) is 13.3. The van der Waals surface area contributed by atoms with E-state index < -0.39 is 10.0 Å². The molecule has 0 spiro atoms. The Kier molecular flexibility index (Phi) is 3.55. The van der Waals surface area contributed by atoms with Gasteiger partial charge in [-0.1, -0.05) is 0 Å². The lowest BCUT2D eigenvalue weighted by Gasteiger charge is -2.18. The summed E-state index contributed by atoms with van der Waals surface area (Å²) in [6.45, 7) is 0. The summed E-state index contributed by atoms with van der Waals surface area (Å²) >= 11 is 6.51. The monoisotopic (exact) mass is 382 g/mol. The molecule has 1 fully saturated rings. The van der Waals surface area contributed by atoms with Crippen LogP contribution in [0.1, 0.15) is 12.8 Å². The zero-order valence-electron chi connectivity index (χ0n) is 9.15. The molecule has 1 aliphatic rings. The van der Waals surface area contributed by atoms with Gasteiger partial charge in [-0.3, -0.25) is 0 Å². The maximum atomic E-state index is 12.4. The molecule has 17 heavy (non-hydrogen) atoms. The summed E-state index contributed by atoms with van der Waals surface area (Å²) in [6, 6.07) is 3.33. The Bertz CT molecular complexity index is 532. The van der Waals surface area contributed by atoms with Crippen LogP contribution in [0.25, 0.3) is 0 Å². The minimum atomic E-state index is -3.47. The van der Waals surface area contributed by atoms with Crippen LogP contribution in [0, 0.1) is 0 Å². The Hall–Kier alpha value is -0.110. The molecule has 0 aromatic heterocycles. The molecule has 1 aliphatic carbocycles. The van der Waals surface area contributed by atoms with E-state index in [1.54, 1.807) is 19.2 Å². The first-order valence-corrected chi connectivity index (χ1v) is 8.09. The summed E-state index contributed by atoms with van der Waals surface area (Å²) in [7, 11) is -1.86. The molecule has 1 aromatic carbocycles. The van der Waals surface area contributed by atoms with Crippen LogP contribution >= 0.6 is 31.9 Å². The summed E-state index contributed by atoms with van der Waals surface area (Å²) in [5.41, 5.74) is 6.16. The van der Waals surface area contributed by atoms with Crippen molar-refractivity contribution in [3.8, 4) is 0 Å². The third kappa shape index (κ3) is 2.52. The molecule has 1 saturated carbocycles. The lowest BCUT2D eigenvalue weighted by atomic mass is 10.3. The maximum absolute atomic E-state index is 12.4. The third-order valence-electron chi connectivity index (χ3n) is 2.72. The lowest BCUT2D eigenvalue weighted by molar-refractivity contribution is 0.463. The van der Waals surface area contributed by atoms with Gasteiger partial charge in [0.05, 0.1) is 0 Å². The first-order valence-electron chi connectivity index (χ1n) is 5.06. The minimum Gasteiger partial charge on any atom is -0.399 e. The van der Waals surface area contributed by atoms with E-state index in [9.17, 15) is 8.42 Å². The fourth-order valence-corrected chi connectivity index (χ4v) is 5.56. The Morgan fingerprint density at radius 3 is 2.18 bits per heavy atom. The number of halogens is 2. The van der Waals surface area contributed by atoms with Crippen molar-refractivity contribution in [2.75, 3.05) is 12.8 Å². The SMILES string of the molecule is CN(C1CC1)S(=O)(=O)c1c(Br)cc(N)cc1Br. The molecular formula is C10H12Br2N2O2S. The van der Waals surface area contributed by atoms with Crippen molar-refractivity contribution >= 4 is 47.6 Å². The quantitative estimate of drug-likeness (QED) is 0.816. The normalized spacial score (nSPS) is 16.5. The first-order chi connectivity index (χ1) is 7.84. The fourth-order valence-electron chi connectivity index (χ4n) is 1.60. The molecule has 2 N–H and O–H groups in total. The van der Waals surface area contributed by atoms with Gasteiger partial charge < -0.3 is 5.73 Å². The molecule has 4 nitrogen and oxygen atoms in total. The number of rotatable bonds is 3. The van der Waals surface area contributed by atoms with Gasteiger partial charge in [0, 0.05) is 27.7 Å². The average Bonchev–Trinajstić information content (AvgIpc) is 2.96. The topological polar surface area (TPSA) is 63.4 Å². The van der Waals surface area contributed by atoms with Crippen molar-refractivity contribution in [2.24, 2.45) is 0 Å². The van der Waals surface area contributed by atoms with Crippen molar-refractivity contribution in [3.05, 3.63) is 21.1 Å². The second-order valence-electron chi connectivity index (χ2n) is 4.07. The van der Waals surface area contributed by atoms with Gasteiger partial charge >= 0.3 is 0 Å². The molecular weight excluding hydrogens is 372 g/mol.